The van der Waals surface area contributed by atoms with Gasteiger partial charge >= 0.3 is 5.97 Å². The summed E-state index contributed by atoms with van der Waals surface area (Å²) < 4.78 is 19.6. The normalized spacial score (nSPS) is 11.0. The maximum Gasteiger partial charge on any atom is 0.343 e. The van der Waals surface area contributed by atoms with E-state index in [1.54, 1.807) is 0 Å². The number of carbonyl (C=O) groups excluding carboxylic acids is 1. The Morgan fingerprint density at radius 3 is 2.74 bits per heavy atom. The highest BCUT2D eigenvalue weighted by Gasteiger charge is 2.23. The van der Waals surface area contributed by atoms with Gasteiger partial charge in [0.25, 0.3) is 5.56 Å². The molecule has 0 atom stereocenters. The van der Waals surface area contributed by atoms with E-state index in [1.807, 2.05) is 0 Å². The first kappa shape index (κ1) is 15.5. The Labute approximate surface area is 138 Å². The van der Waals surface area contributed by atoms with E-state index in [-0.39, 0.29) is 32.5 Å². The van der Waals surface area contributed by atoms with Gasteiger partial charge in [-0.25, -0.2) is 18.7 Å². The zero-order valence-corrected chi connectivity index (χ0v) is 13.1. The third-order valence-electron chi connectivity index (χ3n) is 3.24. The maximum atomic E-state index is 14.1. The van der Waals surface area contributed by atoms with E-state index in [4.69, 9.17) is 23.2 Å². The van der Waals surface area contributed by atoms with Crippen molar-refractivity contribution in [2.24, 2.45) is 0 Å². The average molecular weight is 356 g/mol. The lowest BCUT2D eigenvalue weighted by Crippen LogP contribution is -2.19. The van der Waals surface area contributed by atoms with Crippen LogP contribution < -0.4 is 5.56 Å². The molecule has 0 aliphatic carbocycles. The van der Waals surface area contributed by atoms with Crippen LogP contribution in [0, 0.1) is 5.82 Å². The molecule has 0 saturated heterocycles. The Kier molecular flexibility index (Phi) is 3.83. The van der Waals surface area contributed by atoms with E-state index < -0.39 is 17.3 Å². The number of ether oxygens (including phenoxy) is 1. The molecule has 118 valence electrons. The number of halogens is 3. The summed E-state index contributed by atoms with van der Waals surface area (Å²) in [5, 5.41) is 2.31. The van der Waals surface area contributed by atoms with Crippen molar-refractivity contribution < 1.29 is 13.9 Å². The molecule has 1 N–H and O–H groups in total. The molecule has 3 aromatic rings. The molecule has 0 radical (unpaired) electrons. The summed E-state index contributed by atoms with van der Waals surface area (Å²) in [5.74, 6) is -1.40. The van der Waals surface area contributed by atoms with Gasteiger partial charge in [-0.05, 0) is 12.1 Å². The van der Waals surface area contributed by atoms with Gasteiger partial charge in [0.1, 0.15) is 16.5 Å². The standard InChI is InChI=1S/C14H8Cl2FN3O3/c1-23-14(22)6-5-18-20-12(6)19-11(16)10(13(20)21)9-7(15)3-2-4-8(9)17/h2-5,18H,1H3. The van der Waals surface area contributed by atoms with Gasteiger partial charge in [-0.3, -0.25) is 9.89 Å². The van der Waals surface area contributed by atoms with Crippen LogP contribution in [0.4, 0.5) is 4.39 Å². The van der Waals surface area contributed by atoms with Gasteiger partial charge in [-0.1, -0.05) is 29.3 Å². The second-order valence-electron chi connectivity index (χ2n) is 4.52. The van der Waals surface area contributed by atoms with E-state index in [0.717, 1.165) is 10.6 Å². The zero-order valence-electron chi connectivity index (χ0n) is 11.6. The molecular weight excluding hydrogens is 348 g/mol. The minimum absolute atomic E-state index is 0.0190. The Hall–Kier alpha value is -2.38. The number of esters is 1. The number of methoxy groups -OCH3 is 1. The summed E-state index contributed by atoms with van der Waals surface area (Å²) in [6.45, 7) is 0. The van der Waals surface area contributed by atoms with E-state index in [9.17, 15) is 14.0 Å². The van der Waals surface area contributed by atoms with Gasteiger partial charge in [-0.2, -0.15) is 0 Å². The summed E-state index contributed by atoms with van der Waals surface area (Å²) in [4.78, 5) is 28.3. The molecule has 0 bridgehead atoms. The van der Waals surface area contributed by atoms with Crippen molar-refractivity contribution in [3.8, 4) is 11.1 Å². The molecule has 9 heteroatoms. The fourth-order valence-electron chi connectivity index (χ4n) is 2.20. The van der Waals surface area contributed by atoms with Crippen molar-refractivity contribution >= 4 is 34.8 Å². The van der Waals surface area contributed by atoms with Gasteiger partial charge in [0.15, 0.2) is 5.65 Å². The first-order valence-corrected chi connectivity index (χ1v) is 7.03. The number of nitrogens with zero attached hydrogens (tertiary/aromatic N) is 2. The fraction of sp³-hybridized carbons (Fsp3) is 0.0714. The molecule has 0 amide bonds. The summed E-state index contributed by atoms with van der Waals surface area (Å²) >= 11 is 12.0. The van der Waals surface area contributed by atoms with Crippen LogP contribution in [0.15, 0.2) is 29.2 Å². The topological polar surface area (TPSA) is 76.5 Å². The number of H-pyrrole nitrogens is 1. The van der Waals surface area contributed by atoms with Crippen molar-refractivity contribution in [1.29, 1.82) is 0 Å². The largest absolute Gasteiger partial charge is 0.465 e. The molecule has 0 unspecified atom stereocenters. The van der Waals surface area contributed by atoms with Gasteiger partial charge in [0.2, 0.25) is 0 Å². The van der Waals surface area contributed by atoms with Gasteiger partial charge in [0, 0.05) is 11.8 Å². The Morgan fingerprint density at radius 2 is 2.09 bits per heavy atom. The highest BCUT2D eigenvalue weighted by molar-refractivity contribution is 6.36. The van der Waals surface area contributed by atoms with Crippen LogP contribution in [0.5, 0.6) is 0 Å². The van der Waals surface area contributed by atoms with Gasteiger partial charge in [-0.15, -0.1) is 0 Å². The third-order valence-corrected chi connectivity index (χ3v) is 3.82. The predicted octanol–water partition coefficient (Wildman–Crippen LogP) is 2.92. The number of rotatable bonds is 2. The van der Waals surface area contributed by atoms with Crippen LogP contribution in [0.3, 0.4) is 0 Å². The monoisotopic (exact) mass is 355 g/mol. The summed E-state index contributed by atoms with van der Waals surface area (Å²) in [7, 11) is 1.19. The van der Waals surface area contributed by atoms with Crippen LogP contribution in [0.2, 0.25) is 10.2 Å². The number of aromatic nitrogens is 3. The summed E-state index contributed by atoms with van der Waals surface area (Å²) in [6.07, 6.45) is 1.25. The molecule has 23 heavy (non-hydrogen) atoms. The smallest absolute Gasteiger partial charge is 0.343 e. The van der Waals surface area contributed by atoms with Crippen LogP contribution >= 0.6 is 23.2 Å². The number of hydrogen-bond donors (Lipinski definition) is 1. The van der Waals surface area contributed by atoms with Crippen molar-refractivity contribution in [3.63, 3.8) is 0 Å². The molecule has 3 rings (SSSR count). The van der Waals surface area contributed by atoms with Crippen molar-refractivity contribution in [2.75, 3.05) is 7.11 Å². The molecule has 0 aliphatic rings. The van der Waals surface area contributed by atoms with E-state index in [0.29, 0.717) is 0 Å². The number of carbonyl (C=O) groups is 1. The van der Waals surface area contributed by atoms with Crippen LogP contribution in [0.25, 0.3) is 16.8 Å². The lowest BCUT2D eigenvalue weighted by Gasteiger charge is -2.07. The first-order chi connectivity index (χ1) is 11.0. The minimum Gasteiger partial charge on any atom is -0.465 e. The molecule has 2 heterocycles. The van der Waals surface area contributed by atoms with E-state index in [1.165, 1.54) is 25.4 Å². The third kappa shape index (κ3) is 2.38. The molecule has 0 spiro atoms. The van der Waals surface area contributed by atoms with Crippen LogP contribution in [-0.2, 0) is 4.74 Å². The number of hydrogen-bond acceptors (Lipinski definition) is 4. The Morgan fingerprint density at radius 1 is 1.35 bits per heavy atom. The fourth-order valence-corrected chi connectivity index (χ4v) is 2.71. The number of aromatic amines is 1. The molecule has 1 aromatic carbocycles. The highest BCUT2D eigenvalue weighted by atomic mass is 35.5. The van der Waals surface area contributed by atoms with Gasteiger partial charge < -0.3 is 4.74 Å². The molecule has 6 nitrogen and oxygen atoms in total. The average Bonchev–Trinajstić information content (AvgIpc) is 2.93. The molecular formula is C14H8Cl2FN3O3. The highest BCUT2D eigenvalue weighted by Crippen LogP contribution is 2.32. The Bertz CT molecular complexity index is 977. The number of nitrogens with one attached hydrogen (secondary N) is 1. The summed E-state index contributed by atoms with van der Waals surface area (Å²) in [6, 6.07) is 3.99. The van der Waals surface area contributed by atoms with Crippen LogP contribution in [0.1, 0.15) is 10.4 Å². The lowest BCUT2D eigenvalue weighted by molar-refractivity contribution is 0.0602. The van der Waals surface area contributed by atoms with Crippen LogP contribution in [-0.4, -0.2) is 27.7 Å². The Balaban J connectivity index is 2.38. The molecule has 0 saturated carbocycles. The number of fused-ring (bicyclic) bond motifs is 1. The second-order valence-corrected chi connectivity index (χ2v) is 5.28. The van der Waals surface area contributed by atoms with Crippen molar-refractivity contribution in [1.82, 2.24) is 14.6 Å². The second kappa shape index (κ2) is 5.68. The minimum atomic E-state index is -0.710. The lowest BCUT2D eigenvalue weighted by atomic mass is 10.1. The van der Waals surface area contributed by atoms with Crippen molar-refractivity contribution in [2.45, 2.75) is 0 Å². The molecule has 0 aliphatic heterocycles. The van der Waals surface area contributed by atoms with E-state index >= 15 is 0 Å². The number of benzene rings is 1. The maximum absolute atomic E-state index is 14.1. The van der Waals surface area contributed by atoms with Gasteiger partial charge in [0.05, 0.1) is 17.7 Å². The van der Waals surface area contributed by atoms with E-state index in [2.05, 4.69) is 14.8 Å². The first-order valence-electron chi connectivity index (χ1n) is 6.28. The predicted molar refractivity (Wildman–Crippen MR) is 82.6 cm³/mol. The molecule has 0 fully saturated rings. The quantitative estimate of drug-likeness (QED) is 0.566. The zero-order chi connectivity index (χ0) is 16.7. The SMILES string of the molecule is COC(=O)c1c[nH]n2c(=O)c(-c3c(F)cccc3Cl)c(Cl)nc12. The molecule has 2 aromatic heterocycles. The summed E-state index contributed by atoms with van der Waals surface area (Å²) in [5.41, 5.74) is -1.05. The van der Waals surface area contributed by atoms with Crippen molar-refractivity contribution in [3.05, 3.63) is 56.3 Å².